The number of aromatic nitrogens is 1. The average Bonchev–Trinajstić information content (AvgIpc) is 3.45. The van der Waals surface area contributed by atoms with Gasteiger partial charge < -0.3 is 9.30 Å². The van der Waals surface area contributed by atoms with Gasteiger partial charge in [0.1, 0.15) is 6.04 Å². The van der Waals surface area contributed by atoms with Crippen molar-refractivity contribution in [3.05, 3.63) is 52.3 Å². The minimum Gasteiger partial charge on any atom is -0.380 e. The van der Waals surface area contributed by atoms with Crippen LogP contribution in [0, 0.1) is 0 Å². The molecule has 1 atom stereocenters. The number of benzene rings is 2. The van der Waals surface area contributed by atoms with Gasteiger partial charge in [-0.05, 0) is 68.5 Å². The molecule has 0 radical (unpaired) electrons. The van der Waals surface area contributed by atoms with Crippen LogP contribution in [-0.2, 0) is 26.1 Å². The smallest absolute Gasteiger partial charge is 0.266 e. The minimum atomic E-state index is -3.84. The number of nitrogens with zero attached hydrogens (tertiary/aromatic N) is 3. The summed E-state index contributed by atoms with van der Waals surface area (Å²) >= 11 is 8.99. The normalized spacial score (nSPS) is 17.6. The van der Waals surface area contributed by atoms with Crippen LogP contribution in [0.3, 0.4) is 0 Å². The Bertz CT molecular complexity index is 1350. The molecule has 4 rings (SSSR count). The lowest BCUT2D eigenvalue weighted by Crippen LogP contribution is -2.40. The van der Waals surface area contributed by atoms with Crippen molar-refractivity contribution in [1.82, 2.24) is 8.87 Å². The first kappa shape index (κ1) is 25.4. The van der Waals surface area contributed by atoms with Crippen molar-refractivity contribution in [1.29, 1.82) is 0 Å². The molecule has 1 amide bonds. The number of hydrogen-bond acceptors (Lipinski definition) is 6. The molecule has 34 heavy (non-hydrogen) atoms. The monoisotopic (exact) mass is 539 g/mol. The van der Waals surface area contributed by atoms with Crippen molar-refractivity contribution < 1.29 is 17.9 Å². The molecule has 1 aliphatic heterocycles. The third-order valence-electron chi connectivity index (χ3n) is 5.67. The van der Waals surface area contributed by atoms with E-state index in [0.717, 1.165) is 15.1 Å². The highest BCUT2D eigenvalue weighted by Crippen LogP contribution is 2.28. The topological polar surface area (TPSA) is 81.0 Å². The molecule has 0 aliphatic carbocycles. The molecule has 2 aromatic carbocycles. The summed E-state index contributed by atoms with van der Waals surface area (Å²) in [6.07, 6.45) is 3.06. The van der Waals surface area contributed by atoms with E-state index in [0.29, 0.717) is 42.4 Å². The maximum atomic E-state index is 13.3. The molecule has 1 aromatic heterocycles. The van der Waals surface area contributed by atoms with Gasteiger partial charge in [0.25, 0.3) is 5.91 Å². The van der Waals surface area contributed by atoms with Crippen molar-refractivity contribution in [2.75, 3.05) is 26.0 Å². The van der Waals surface area contributed by atoms with E-state index in [2.05, 4.69) is 11.1 Å². The summed E-state index contributed by atoms with van der Waals surface area (Å²) in [6, 6.07) is 11.3. The summed E-state index contributed by atoms with van der Waals surface area (Å²) in [5, 5.41) is 0.453. The van der Waals surface area contributed by atoms with Crippen LogP contribution in [0.5, 0.6) is 0 Å². The fraction of sp³-hybridized carbons (Fsp3) is 0.391. The summed E-state index contributed by atoms with van der Waals surface area (Å²) < 4.78 is 36.3. The minimum absolute atomic E-state index is 0.120. The van der Waals surface area contributed by atoms with E-state index in [1.165, 1.54) is 39.9 Å². The second-order valence-electron chi connectivity index (χ2n) is 7.74. The molecule has 1 fully saturated rings. The number of halogens is 1. The summed E-state index contributed by atoms with van der Waals surface area (Å²) in [5.41, 5.74) is 0.978. The summed E-state index contributed by atoms with van der Waals surface area (Å²) in [4.78, 5) is 19.5. The van der Waals surface area contributed by atoms with Crippen molar-refractivity contribution in [3.63, 3.8) is 0 Å². The Morgan fingerprint density at radius 3 is 2.74 bits per heavy atom. The maximum absolute atomic E-state index is 13.3. The Morgan fingerprint density at radius 1 is 1.26 bits per heavy atom. The van der Waals surface area contributed by atoms with Crippen molar-refractivity contribution in [3.8, 4) is 0 Å². The molecule has 182 valence electrons. The quantitative estimate of drug-likeness (QED) is 0.313. The lowest BCUT2D eigenvalue weighted by Gasteiger charge is -2.21. The first-order valence-electron chi connectivity index (χ1n) is 11.0. The highest BCUT2D eigenvalue weighted by Gasteiger charge is 2.39. The molecule has 7 nitrogen and oxygen atoms in total. The third kappa shape index (κ3) is 5.27. The number of sulfonamides is 1. The lowest BCUT2D eigenvalue weighted by molar-refractivity contribution is -0.121. The number of ether oxygens (including phenoxy) is 1. The molecule has 0 spiro atoms. The third-order valence-corrected chi connectivity index (χ3v) is 9.61. The number of fused-ring (bicyclic) bond motifs is 1. The van der Waals surface area contributed by atoms with E-state index in [1.54, 1.807) is 11.8 Å². The second kappa shape index (κ2) is 10.9. The molecular formula is C23H26ClN3O4S3. The van der Waals surface area contributed by atoms with Crippen molar-refractivity contribution >= 4 is 60.8 Å². The molecular weight excluding hydrogens is 514 g/mol. The van der Waals surface area contributed by atoms with E-state index >= 15 is 0 Å². The van der Waals surface area contributed by atoms with E-state index in [4.69, 9.17) is 16.3 Å². The largest absolute Gasteiger partial charge is 0.380 e. The fourth-order valence-electron chi connectivity index (χ4n) is 3.97. The van der Waals surface area contributed by atoms with Gasteiger partial charge in [-0.3, -0.25) is 4.79 Å². The fourth-order valence-corrected chi connectivity index (χ4v) is 7.36. The van der Waals surface area contributed by atoms with Gasteiger partial charge in [0.05, 0.1) is 21.7 Å². The lowest BCUT2D eigenvalue weighted by atomic mass is 10.2. The van der Waals surface area contributed by atoms with Gasteiger partial charge in [0.2, 0.25) is 10.0 Å². The van der Waals surface area contributed by atoms with E-state index in [1.807, 2.05) is 29.9 Å². The Morgan fingerprint density at radius 2 is 2.03 bits per heavy atom. The summed E-state index contributed by atoms with van der Waals surface area (Å²) in [6.45, 7) is 3.87. The zero-order chi connectivity index (χ0) is 24.3. The number of hydrogen-bond donors (Lipinski definition) is 0. The Hall–Kier alpha value is -1.69. The highest BCUT2D eigenvalue weighted by atomic mass is 35.5. The molecule has 0 bridgehead atoms. The maximum Gasteiger partial charge on any atom is 0.266 e. The highest BCUT2D eigenvalue weighted by molar-refractivity contribution is 7.98. The predicted octanol–water partition coefficient (Wildman–Crippen LogP) is 4.40. The standard InChI is InChI=1S/C23H26ClN3O4S3/c1-3-31-14-13-26-19-11-8-17(32-2)15-21(19)33-23(26)25-22(28)20-5-4-12-27(20)34(29,30)18-9-6-16(24)7-10-18/h6-11,15,20H,3-5,12-14H2,1-2H3. The van der Waals surface area contributed by atoms with Crippen LogP contribution in [0.25, 0.3) is 10.2 Å². The Kier molecular flexibility index (Phi) is 8.16. The van der Waals surface area contributed by atoms with E-state index in [9.17, 15) is 13.2 Å². The first-order valence-corrected chi connectivity index (χ1v) is 14.8. The van der Waals surface area contributed by atoms with Crippen molar-refractivity contribution in [2.24, 2.45) is 4.99 Å². The molecule has 0 N–H and O–H groups in total. The van der Waals surface area contributed by atoms with Crippen LogP contribution in [0.1, 0.15) is 19.8 Å². The Balaban J connectivity index is 1.70. The number of amides is 1. The van der Waals surface area contributed by atoms with Gasteiger partial charge in [-0.25, -0.2) is 8.42 Å². The zero-order valence-corrected chi connectivity index (χ0v) is 22.1. The van der Waals surface area contributed by atoms with Gasteiger partial charge in [0.15, 0.2) is 4.80 Å². The van der Waals surface area contributed by atoms with Crippen molar-refractivity contribution in [2.45, 2.75) is 42.1 Å². The molecule has 1 aliphatic rings. The van der Waals surface area contributed by atoms with Gasteiger partial charge in [-0.1, -0.05) is 22.9 Å². The van der Waals surface area contributed by atoms with Crippen LogP contribution in [-0.4, -0.2) is 55.3 Å². The van der Waals surface area contributed by atoms with Crippen LogP contribution in [0.4, 0.5) is 0 Å². The van der Waals surface area contributed by atoms with E-state index in [-0.39, 0.29) is 11.4 Å². The molecule has 11 heteroatoms. The molecule has 3 aromatic rings. The van der Waals surface area contributed by atoms with Crippen LogP contribution >= 0.6 is 34.7 Å². The molecule has 2 heterocycles. The number of rotatable bonds is 8. The average molecular weight is 540 g/mol. The zero-order valence-electron chi connectivity index (χ0n) is 18.9. The Labute approximate surface area is 212 Å². The number of thiazole rings is 1. The summed E-state index contributed by atoms with van der Waals surface area (Å²) in [7, 11) is -3.84. The van der Waals surface area contributed by atoms with Crippen LogP contribution in [0.2, 0.25) is 5.02 Å². The molecule has 1 saturated heterocycles. The van der Waals surface area contributed by atoms with Gasteiger partial charge >= 0.3 is 0 Å². The van der Waals surface area contributed by atoms with E-state index < -0.39 is 22.0 Å². The number of thioether (sulfide) groups is 1. The molecule has 1 unspecified atom stereocenters. The predicted molar refractivity (Wildman–Crippen MR) is 137 cm³/mol. The number of carbonyl (C=O) groups is 1. The van der Waals surface area contributed by atoms with Gasteiger partial charge in [-0.15, -0.1) is 11.8 Å². The first-order chi connectivity index (χ1) is 16.3. The SMILES string of the molecule is CCOCCn1c(=NC(=O)C2CCCN2S(=O)(=O)c2ccc(Cl)cc2)sc2cc(SC)ccc21. The van der Waals surface area contributed by atoms with Crippen LogP contribution in [0.15, 0.2) is 57.2 Å². The summed E-state index contributed by atoms with van der Waals surface area (Å²) in [5.74, 6) is -0.447. The number of carbonyl (C=O) groups excluding carboxylic acids is 1. The van der Waals surface area contributed by atoms with Crippen LogP contribution < -0.4 is 4.80 Å². The van der Waals surface area contributed by atoms with Gasteiger partial charge in [0, 0.05) is 29.6 Å². The second-order valence-corrected chi connectivity index (χ2v) is 12.0. The molecule has 0 saturated carbocycles. The van der Waals surface area contributed by atoms with Gasteiger partial charge in [-0.2, -0.15) is 9.30 Å².